The van der Waals surface area contributed by atoms with Crippen LogP contribution >= 0.6 is 0 Å². The molecule has 6 atom stereocenters. The first-order chi connectivity index (χ1) is 28.0. The van der Waals surface area contributed by atoms with E-state index in [0.29, 0.717) is 12.8 Å². The van der Waals surface area contributed by atoms with Crippen LogP contribution in [-0.2, 0) is 38.7 Å². The Kier molecular flexibility index (Phi) is 33.8. The molecule has 0 aliphatic carbocycles. The van der Waals surface area contributed by atoms with Crippen molar-refractivity contribution in [2.24, 2.45) is 0 Å². The van der Waals surface area contributed by atoms with E-state index in [0.717, 1.165) is 38.5 Å². The summed E-state index contributed by atoms with van der Waals surface area (Å²) in [6.45, 7) is 3.74. The van der Waals surface area contributed by atoms with Crippen molar-refractivity contribution in [1.82, 2.24) is 0 Å². The molecule has 342 valence electrons. The van der Waals surface area contributed by atoms with Gasteiger partial charge < -0.3 is 34.3 Å². The Balaban J connectivity index is 2.36. The summed E-state index contributed by atoms with van der Waals surface area (Å²) in [6, 6.07) is 0. The fourth-order valence-corrected chi connectivity index (χ4v) is 7.89. The second-order valence-corrected chi connectivity index (χ2v) is 17.9. The van der Waals surface area contributed by atoms with Crippen LogP contribution in [0.1, 0.15) is 206 Å². The van der Waals surface area contributed by atoms with Crippen LogP contribution in [0.25, 0.3) is 0 Å². The van der Waals surface area contributed by atoms with Crippen molar-refractivity contribution in [1.29, 1.82) is 0 Å². The van der Waals surface area contributed by atoms with Gasteiger partial charge in [0.05, 0.1) is 6.61 Å². The smallest absolute Gasteiger partial charge is 0.306 e. The molecule has 1 fully saturated rings. The molecule has 13 heteroatoms. The molecule has 1 aliphatic heterocycles. The van der Waals surface area contributed by atoms with Crippen LogP contribution < -0.4 is 0 Å². The Morgan fingerprint density at radius 1 is 0.569 bits per heavy atom. The molecule has 0 aromatic carbocycles. The number of ether oxygens (including phenoxy) is 4. The normalized spacial score (nSPS) is 20.4. The highest BCUT2D eigenvalue weighted by Crippen LogP contribution is 2.24. The van der Waals surface area contributed by atoms with E-state index in [1.165, 1.54) is 128 Å². The van der Waals surface area contributed by atoms with Gasteiger partial charge >= 0.3 is 11.9 Å². The lowest BCUT2D eigenvalue weighted by Crippen LogP contribution is -2.60. The minimum Gasteiger partial charge on any atom is -0.462 e. The molecule has 0 bridgehead atoms. The molecule has 1 rings (SSSR count). The van der Waals surface area contributed by atoms with Crippen molar-refractivity contribution >= 4 is 22.1 Å². The predicted octanol–water partition coefficient (Wildman–Crippen LogP) is 9.45. The average molecular weight is 849 g/mol. The van der Waals surface area contributed by atoms with Gasteiger partial charge in [0.1, 0.15) is 36.8 Å². The summed E-state index contributed by atoms with van der Waals surface area (Å²) in [7, 11) is -4.60. The summed E-state index contributed by atoms with van der Waals surface area (Å²) in [4.78, 5) is 25.3. The monoisotopic (exact) mass is 849 g/mol. The number of rotatable bonds is 39. The number of carbonyl (C=O) groups excluding carboxylic acids is 2. The van der Waals surface area contributed by atoms with Gasteiger partial charge in [-0.15, -0.1) is 0 Å². The molecule has 0 aromatic rings. The van der Waals surface area contributed by atoms with Crippen LogP contribution in [0.5, 0.6) is 0 Å². The largest absolute Gasteiger partial charge is 0.462 e. The molecule has 0 spiro atoms. The lowest BCUT2D eigenvalue weighted by atomic mass is 10.00. The molecule has 0 radical (unpaired) electrons. The van der Waals surface area contributed by atoms with E-state index in [1.54, 1.807) is 0 Å². The molecule has 0 saturated carbocycles. The van der Waals surface area contributed by atoms with Crippen LogP contribution in [0.15, 0.2) is 12.2 Å². The van der Waals surface area contributed by atoms with E-state index in [2.05, 4.69) is 26.0 Å². The fourth-order valence-electron chi connectivity index (χ4n) is 7.20. The van der Waals surface area contributed by atoms with Crippen molar-refractivity contribution in [3.8, 4) is 0 Å². The van der Waals surface area contributed by atoms with Crippen LogP contribution in [0.4, 0.5) is 0 Å². The second kappa shape index (κ2) is 36.1. The summed E-state index contributed by atoms with van der Waals surface area (Å²) < 4.78 is 54.0. The van der Waals surface area contributed by atoms with Crippen molar-refractivity contribution in [3.05, 3.63) is 12.2 Å². The molecule has 4 N–H and O–H groups in total. The molecular formula is C45H84O12S. The third kappa shape index (κ3) is 30.4. The maximum Gasteiger partial charge on any atom is 0.306 e. The molecule has 1 saturated heterocycles. The van der Waals surface area contributed by atoms with Gasteiger partial charge in [-0.25, -0.2) is 0 Å². The standard InChI is InChI=1S/C45H84O12S/c1-3-5-7-9-11-13-14-15-16-17-18-19-20-21-22-23-24-26-28-30-32-34-41(47)56-38(35-54-40(46)33-31-29-27-25-12-10-8-6-4-2)36-55-45-44(50)43(49)42(48)39(57-45)37-58(51,52)53/h15-16,38-39,42-45,48-50H,3-14,17-37H2,1-2H3,(H,51,52,53)/b16-15+/t38-,39-,42-,43?,44?,45+/m1/s1. The molecule has 12 nitrogen and oxygen atoms in total. The average Bonchev–Trinajstić information content (AvgIpc) is 3.18. The number of allylic oxidation sites excluding steroid dienone is 2. The summed E-state index contributed by atoms with van der Waals surface area (Å²) in [6.07, 6.45) is 28.4. The van der Waals surface area contributed by atoms with E-state index < -0.39 is 71.2 Å². The van der Waals surface area contributed by atoms with Gasteiger partial charge in [-0.05, 0) is 38.5 Å². The molecule has 0 amide bonds. The maximum atomic E-state index is 12.8. The SMILES string of the molecule is CCCCCCCC/C=C/CCCCCCCCCCCCCC(=O)O[C@H](COC(=O)CCCCCCCCCCC)CO[C@H]1O[C@H](CS(=O)(=O)O)[C@@H](O)C(O)C1O. The molecule has 0 aromatic heterocycles. The lowest BCUT2D eigenvalue weighted by molar-refractivity contribution is -0.297. The zero-order valence-electron chi connectivity index (χ0n) is 36.4. The zero-order chi connectivity index (χ0) is 42.7. The van der Waals surface area contributed by atoms with Crippen LogP contribution in [0.2, 0.25) is 0 Å². The second-order valence-electron chi connectivity index (χ2n) is 16.4. The van der Waals surface area contributed by atoms with Gasteiger partial charge in [-0.2, -0.15) is 8.42 Å². The lowest BCUT2D eigenvalue weighted by Gasteiger charge is -2.40. The number of esters is 2. The third-order valence-electron chi connectivity index (χ3n) is 10.8. The highest BCUT2D eigenvalue weighted by Gasteiger charge is 2.46. The molecule has 1 aliphatic rings. The van der Waals surface area contributed by atoms with Crippen LogP contribution in [0.3, 0.4) is 0 Å². The minimum atomic E-state index is -4.60. The number of hydrogen-bond donors (Lipinski definition) is 4. The number of aliphatic hydroxyl groups excluding tert-OH is 3. The summed E-state index contributed by atoms with van der Waals surface area (Å²) in [5, 5.41) is 30.8. The van der Waals surface area contributed by atoms with E-state index in [4.69, 9.17) is 18.9 Å². The topological polar surface area (TPSA) is 186 Å². The van der Waals surface area contributed by atoms with Gasteiger partial charge in [0, 0.05) is 12.8 Å². The Labute approximate surface area is 352 Å². The van der Waals surface area contributed by atoms with Gasteiger partial charge in [0.2, 0.25) is 0 Å². The number of aliphatic hydroxyl groups is 3. The maximum absolute atomic E-state index is 12.8. The summed E-state index contributed by atoms with van der Waals surface area (Å²) in [5.41, 5.74) is 0. The van der Waals surface area contributed by atoms with Crippen molar-refractivity contribution in [2.45, 2.75) is 243 Å². The first-order valence-corrected chi connectivity index (χ1v) is 24.9. The Bertz CT molecular complexity index is 1130. The number of carbonyl (C=O) groups is 2. The van der Waals surface area contributed by atoms with E-state index in [1.807, 2.05) is 0 Å². The molecule has 2 unspecified atom stereocenters. The van der Waals surface area contributed by atoms with Crippen molar-refractivity contribution in [2.75, 3.05) is 19.0 Å². The summed E-state index contributed by atoms with van der Waals surface area (Å²) >= 11 is 0. The molecular weight excluding hydrogens is 765 g/mol. The Morgan fingerprint density at radius 2 is 0.983 bits per heavy atom. The van der Waals surface area contributed by atoms with E-state index in [-0.39, 0.29) is 19.4 Å². The quantitative estimate of drug-likeness (QED) is 0.0199. The highest BCUT2D eigenvalue weighted by atomic mass is 32.2. The number of hydrogen-bond acceptors (Lipinski definition) is 11. The molecule has 58 heavy (non-hydrogen) atoms. The van der Waals surface area contributed by atoms with Gasteiger partial charge in [0.25, 0.3) is 10.1 Å². The van der Waals surface area contributed by atoms with Crippen molar-refractivity contribution < 1.29 is 56.8 Å². The van der Waals surface area contributed by atoms with Gasteiger partial charge in [-0.1, -0.05) is 167 Å². The Morgan fingerprint density at radius 3 is 1.43 bits per heavy atom. The Hall–Kier alpha value is -1.61. The zero-order valence-corrected chi connectivity index (χ0v) is 37.2. The van der Waals surface area contributed by atoms with Gasteiger partial charge in [-0.3, -0.25) is 14.1 Å². The first-order valence-electron chi connectivity index (χ1n) is 23.2. The van der Waals surface area contributed by atoms with Crippen molar-refractivity contribution in [3.63, 3.8) is 0 Å². The highest BCUT2D eigenvalue weighted by molar-refractivity contribution is 7.85. The van der Waals surface area contributed by atoms with Crippen LogP contribution in [-0.4, -0.2) is 96.0 Å². The third-order valence-corrected chi connectivity index (χ3v) is 11.6. The first kappa shape index (κ1) is 54.4. The number of unbranched alkanes of at least 4 members (excludes halogenated alkanes) is 25. The fraction of sp³-hybridized carbons (Fsp3) is 0.911. The van der Waals surface area contributed by atoms with Gasteiger partial charge in [0.15, 0.2) is 12.4 Å². The summed E-state index contributed by atoms with van der Waals surface area (Å²) in [5.74, 6) is -1.97. The van der Waals surface area contributed by atoms with Crippen LogP contribution in [0, 0.1) is 0 Å². The van der Waals surface area contributed by atoms with E-state index in [9.17, 15) is 37.9 Å². The minimum absolute atomic E-state index is 0.168. The predicted molar refractivity (Wildman–Crippen MR) is 229 cm³/mol. The van der Waals surface area contributed by atoms with E-state index >= 15 is 0 Å². The molecule has 1 heterocycles.